The highest BCUT2D eigenvalue weighted by molar-refractivity contribution is 5.68. The normalized spacial score (nSPS) is 29.7. The van der Waals surface area contributed by atoms with Crippen LogP contribution in [0.2, 0.25) is 0 Å². The summed E-state index contributed by atoms with van der Waals surface area (Å²) in [4.78, 5) is 13.5. The average Bonchev–Trinajstić information content (AvgIpc) is 2.72. The highest BCUT2D eigenvalue weighted by Crippen LogP contribution is 2.24. The van der Waals surface area contributed by atoms with E-state index in [9.17, 15) is 4.79 Å². The smallest absolute Gasteiger partial charge is 0.409 e. The van der Waals surface area contributed by atoms with Crippen LogP contribution >= 0.6 is 0 Å². The Morgan fingerprint density at radius 3 is 3.00 bits per heavy atom. The summed E-state index contributed by atoms with van der Waals surface area (Å²) in [5.74, 6) is 1.06. The summed E-state index contributed by atoms with van der Waals surface area (Å²) in [6.45, 7) is 7.42. The van der Waals surface area contributed by atoms with Crippen molar-refractivity contribution in [2.75, 3.05) is 26.2 Å². The van der Waals surface area contributed by atoms with Crippen LogP contribution in [-0.2, 0) is 4.74 Å². The summed E-state index contributed by atoms with van der Waals surface area (Å²) in [5.41, 5.74) is 0. The first kappa shape index (κ1) is 10.7. The minimum absolute atomic E-state index is 0.139. The molecule has 0 aromatic carbocycles. The van der Waals surface area contributed by atoms with Crippen LogP contribution in [0.25, 0.3) is 0 Å². The number of nitrogens with one attached hydrogen (secondary N) is 1. The highest BCUT2D eigenvalue weighted by atomic mass is 16.6. The van der Waals surface area contributed by atoms with Crippen molar-refractivity contribution in [3.05, 3.63) is 0 Å². The Morgan fingerprint density at radius 2 is 2.33 bits per heavy atom. The topological polar surface area (TPSA) is 41.6 Å². The number of ether oxygens (including phenoxy) is 1. The first-order valence-electron chi connectivity index (χ1n) is 5.82. The fraction of sp³-hybridized carbons (Fsp3) is 0.909. The van der Waals surface area contributed by atoms with Crippen LogP contribution in [0.3, 0.4) is 0 Å². The van der Waals surface area contributed by atoms with Crippen molar-refractivity contribution >= 4 is 6.09 Å². The summed E-state index contributed by atoms with van der Waals surface area (Å²) in [7, 11) is 0. The molecule has 2 heterocycles. The average molecular weight is 212 g/mol. The van der Waals surface area contributed by atoms with Crippen LogP contribution in [-0.4, -0.2) is 43.3 Å². The van der Waals surface area contributed by atoms with Crippen molar-refractivity contribution in [3.8, 4) is 0 Å². The summed E-state index contributed by atoms with van der Waals surface area (Å²) >= 11 is 0. The van der Waals surface area contributed by atoms with Gasteiger partial charge in [0.25, 0.3) is 0 Å². The van der Waals surface area contributed by atoms with E-state index < -0.39 is 0 Å². The minimum Gasteiger partial charge on any atom is -0.449 e. The van der Waals surface area contributed by atoms with Gasteiger partial charge in [0.1, 0.15) is 0 Å². The second-order valence-corrected chi connectivity index (χ2v) is 4.99. The predicted octanol–water partition coefficient (Wildman–Crippen LogP) is 1.07. The monoisotopic (exact) mass is 212 g/mol. The third-order valence-electron chi connectivity index (χ3n) is 3.16. The number of fused-ring (bicyclic) bond motifs is 1. The number of nitrogens with zero attached hydrogens (tertiary/aromatic N) is 1. The van der Waals surface area contributed by atoms with Gasteiger partial charge in [-0.2, -0.15) is 0 Å². The van der Waals surface area contributed by atoms with Gasteiger partial charge in [-0.25, -0.2) is 4.79 Å². The molecule has 2 atom stereocenters. The first-order chi connectivity index (χ1) is 7.16. The Morgan fingerprint density at radius 1 is 1.53 bits per heavy atom. The molecule has 0 radical (unpaired) electrons. The fourth-order valence-electron chi connectivity index (χ4n) is 2.33. The van der Waals surface area contributed by atoms with Crippen LogP contribution in [0.15, 0.2) is 0 Å². The maximum Gasteiger partial charge on any atom is 0.409 e. The van der Waals surface area contributed by atoms with Crippen molar-refractivity contribution in [2.24, 2.45) is 11.8 Å². The maximum atomic E-state index is 11.7. The van der Waals surface area contributed by atoms with Crippen LogP contribution in [0, 0.1) is 11.8 Å². The van der Waals surface area contributed by atoms with E-state index in [4.69, 9.17) is 4.74 Å². The summed E-state index contributed by atoms with van der Waals surface area (Å²) in [5, 5.41) is 3.42. The lowest BCUT2D eigenvalue weighted by molar-refractivity contribution is 0.0974. The number of hydrogen-bond acceptors (Lipinski definition) is 3. The van der Waals surface area contributed by atoms with Gasteiger partial charge in [0.15, 0.2) is 0 Å². The third-order valence-corrected chi connectivity index (χ3v) is 3.16. The van der Waals surface area contributed by atoms with E-state index in [0.29, 0.717) is 24.5 Å². The Labute approximate surface area is 91.0 Å². The lowest BCUT2D eigenvalue weighted by atomic mass is 10.1. The van der Waals surface area contributed by atoms with Gasteiger partial charge in [-0.15, -0.1) is 0 Å². The van der Waals surface area contributed by atoms with Crippen LogP contribution < -0.4 is 5.32 Å². The quantitative estimate of drug-likeness (QED) is 0.744. The summed E-state index contributed by atoms with van der Waals surface area (Å²) < 4.78 is 5.21. The minimum atomic E-state index is -0.139. The first-order valence-corrected chi connectivity index (χ1v) is 5.82. The molecule has 2 fully saturated rings. The van der Waals surface area contributed by atoms with Gasteiger partial charge in [0, 0.05) is 19.1 Å². The largest absolute Gasteiger partial charge is 0.449 e. The van der Waals surface area contributed by atoms with Gasteiger partial charge in [-0.05, 0) is 24.8 Å². The molecular formula is C11H20N2O2. The van der Waals surface area contributed by atoms with Gasteiger partial charge in [-0.1, -0.05) is 13.8 Å². The number of carbonyl (C=O) groups is 1. The maximum absolute atomic E-state index is 11.7. The molecule has 15 heavy (non-hydrogen) atoms. The molecule has 2 rings (SSSR count). The Kier molecular flexibility index (Phi) is 3.14. The number of amides is 1. The Bertz CT molecular complexity index is 231. The molecule has 2 aliphatic heterocycles. The molecule has 0 aromatic rings. The van der Waals surface area contributed by atoms with Crippen molar-refractivity contribution in [1.29, 1.82) is 0 Å². The van der Waals surface area contributed by atoms with Crippen LogP contribution in [0.5, 0.6) is 0 Å². The number of carbonyl (C=O) groups excluding carboxylic acids is 1. The molecule has 1 amide bonds. The van der Waals surface area contributed by atoms with Crippen LogP contribution in [0.1, 0.15) is 20.3 Å². The van der Waals surface area contributed by atoms with Gasteiger partial charge in [0.05, 0.1) is 6.61 Å². The van der Waals surface area contributed by atoms with E-state index in [0.717, 1.165) is 19.6 Å². The Hall–Kier alpha value is -0.770. The molecule has 0 bridgehead atoms. The molecule has 2 aliphatic rings. The second-order valence-electron chi connectivity index (χ2n) is 4.99. The lowest BCUT2D eigenvalue weighted by Crippen LogP contribution is -2.34. The van der Waals surface area contributed by atoms with E-state index in [1.807, 2.05) is 18.7 Å². The number of likely N-dealkylation sites (tertiary alicyclic amines) is 1. The number of rotatable bonds is 2. The SMILES string of the molecule is CC(C)COC(=O)N1C[C@@H]2CCN[C@@H]2C1. The van der Waals surface area contributed by atoms with Gasteiger partial charge >= 0.3 is 6.09 Å². The third kappa shape index (κ3) is 2.43. The summed E-state index contributed by atoms with van der Waals surface area (Å²) in [6.07, 6.45) is 1.05. The zero-order valence-corrected chi connectivity index (χ0v) is 9.53. The van der Waals surface area contributed by atoms with E-state index >= 15 is 0 Å². The second kappa shape index (κ2) is 4.39. The van der Waals surface area contributed by atoms with Gasteiger partial charge in [-0.3, -0.25) is 0 Å². The molecule has 4 heteroatoms. The fourth-order valence-corrected chi connectivity index (χ4v) is 2.33. The number of hydrogen-bond donors (Lipinski definition) is 1. The van der Waals surface area contributed by atoms with Gasteiger partial charge < -0.3 is 15.0 Å². The molecule has 0 spiro atoms. The zero-order chi connectivity index (χ0) is 10.8. The summed E-state index contributed by atoms with van der Waals surface area (Å²) in [6, 6.07) is 0.511. The van der Waals surface area contributed by atoms with Crippen LogP contribution in [0.4, 0.5) is 4.79 Å². The Balaban J connectivity index is 1.78. The molecule has 4 nitrogen and oxygen atoms in total. The van der Waals surface area contributed by atoms with E-state index in [1.165, 1.54) is 6.42 Å². The highest BCUT2D eigenvalue weighted by Gasteiger charge is 2.38. The molecule has 0 saturated carbocycles. The van der Waals surface area contributed by atoms with E-state index in [2.05, 4.69) is 5.32 Å². The van der Waals surface area contributed by atoms with E-state index in [-0.39, 0.29) is 6.09 Å². The zero-order valence-electron chi connectivity index (χ0n) is 9.53. The van der Waals surface area contributed by atoms with Crippen molar-refractivity contribution in [1.82, 2.24) is 10.2 Å². The molecule has 1 N–H and O–H groups in total. The van der Waals surface area contributed by atoms with Crippen molar-refractivity contribution in [3.63, 3.8) is 0 Å². The molecule has 0 aromatic heterocycles. The van der Waals surface area contributed by atoms with E-state index in [1.54, 1.807) is 0 Å². The molecule has 86 valence electrons. The standard InChI is InChI=1S/C11H20N2O2/c1-8(2)7-15-11(14)13-5-9-3-4-12-10(9)6-13/h8-10,12H,3-7H2,1-2H3/t9-,10+/m0/s1. The molecule has 0 unspecified atom stereocenters. The molecule has 0 aliphatic carbocycles. The van der Waals surface area contributed by atoms with Gasteiger partial charge in [0.2, 0.25) is 0 Å². The van der Waals surface area contributed by atoms with Crippen molar-refractivity contribution < 1.29 is 9.53 Å². The lowest BCUT2D eigenvalue weighted by Gasteiger charge is -2.17. The predicted molar refractivity (Wildman–Crippen MR) is 57.7 cm³/mol. The molecule has 2 saturated heterocycles. The van der Waals surface area contributed by atoms with Crippen molar-refractivity contribution in [2.45, 2.75) is 26.3 Å². The molecular weight excluding hydrogens is 192 g/mol.